The molecule has 0 saturated heterocycles. The molecule has 0 heterocycles. The normalized spacial score (nSPS) is 11.0. The fraction of sp³-hybridized carbons (Fsp3) is 0.133. The number of aromatic hydroxyl groups is 1. The van der Waals surface area contributed by atoms with Gasteiger partial charge in [-0.2, -0.15) is 0 Å². The van der Waals surface area contributed by atoms with Crippen LogP contribution in [0.3, 0.4) is 0 Å². The number of primary sulfonamides is 1. The molecular weight excluding hydrogens is 318 g/mol. The molecule has 0 aliphatic rings. The highest BCUT2D eigenvalue weighted by molar-refractivity contribution is 7.89. The number of anilines is 1. The number of rotatable bonds is 5. The van der Waals surface area contributed by atoms with Crippen LogP contribution in [0.25, 0.3) is 0 Å². The highest BCUT2D eigenvalue weighted by atomic mass is 32.2. The molecule has 2 aromatic carbocycles. The molecule has 23 heavy (non-hydrogen) atoms. The van der Waals surface area contributed by atoms with Gasteiger partial charge in [0.05, 0.1) is 10.6 Å². The largest absolute Gasteiger partial charge is 0.506 e. The molecule has 0 radical (unpaired) electrons. The SMILES string of the molecule is NS(=O)(=O)c1ccc(O)c(NC(=O)NCCc2ccccc2)c1. The van der Waals surface area contributed by atoms with Crippen molar-refractivity contribution in [2.75, 3.05) is 11.9 Å². The van der Waals surface area contributed by atoms with Crippen molar-refractivity contribution in [1.29, 1.82) is 0 Å². The van der Waals surface area contributed by atoms with Gasteiger partial charge in [-0.25, -0.2) is 18.4 Å². The number of urea groups is 1. The average Bonchev–Trinajstić information content (AvgIpc) is 2.49. The topological polar surface area (TPSA) is 122 Å². The van der Waals surface area contributed by atoms with Crippen LogP contribution in [0.4, 0.5) is 10.5 Å². The molecule has 122 valence electrons. The van der Waals surface area contributed by atoms with Gasteiger partial charge < -0.3 is 15.7 Å². The lowest BCUT2D eigenvalue weighted by Gasteiger charge is -2.10. The van der Waals surface area contributed by atoms with Gasteiger partial charge >= 0.3 is 6.03 Å². The van der Waals surface area contributed by atoms with Gasteiger partial charge in [-0.15, -0.1) is 0 Å². The minimum atomic E-state index is -3.91. The van der Waals surface area contributed by atoms with Crippen molar-refractivity contribution in [1.82, 2.24) is 5.32 Å². The molecule has 8 heteroatoms. The van der Waals surface area contributed by atoms with Gasteiger partial charge in [-0.3, -0.25) is 0 Å². The second-order valence-electron chi connectivity index (χ2n) is 4.84. The van der Waals surface area contributed by atoms with E-state index in [9.17, 15) is 18.3 Å². The van der Waals surface area contributed by atoms with Gasteiger partial charge in [0.1, 0.15) is 5.75 Å². The number of hydrogen-bond acceptors (Lipinski definition) is 4. The molecule has 7 nitrogen and oxygen atoms in total. The Balaban J connectivity index is 1.95. The summed E-state index contributed by atoms with van der Waals surface area (Å²) in [5.74, 6) is -0.254. The van der Waals surface area contributed by atoms with E-state index >= 15 is 0 Å². The first-order valence-corrected chi connectivity index (χ1v) is 8.35. The Bertz CT molecular complexity index is 792. The highest BCUT2D eigenvalue weighted by Crippen LogP contribution is 2.25. The van der Waals surface area contributed by atoms with Crippen molar-refractivity contribution in [3.8, 4) is 5.75 Å². The van der Waals surface area contributed by atoms with E-state index in [1.165, 1.54) is 0 Å². The summed E-state index contributed by atoms with van der Waals surface area (Å²) in [5.41, 5.74) is 1.04. The number of nitrogens with one attached hydrogen (secondary N) is 2. The molecule has 0 aromatic heterocycles. The van der Waals surface area contributed by atoms with E-state index in [0.717, 1.165) is 23.8 Å². The minimum absolute atomic E-state index is 0.0336. The third-order valence-corrected chi connectivity index (χ3v) is 4.00. The van der Waals surface area contributed by atoms with Crippen molar-refractivity contribution < 1.29 is 18.3 Å². The van der Waals surface area contributed by atoms with E-state index in [0.29, 0.717) is 13.0 Å². The van der Waals surface area contributed by atoms with Gasteiger partial charge in [-0.1, -0.05) is 30.3 Å². The van der Waals surface area contributed by atoms with E-state index < -0.39 is 16.1 Å². The molecule has 0 aliphatic heterocycles. The molecule has 0 fully saturated rings. The quantitative estimate of drug-likeness (QED) is 0.617. The molecule has 5 N–H and O–H groups in total. The Labute approximate surface area is 134 Å². The van der Waals surface area contributed by atoms with Crippen LogP contribution in [-0.4, -0.2) is 26.1 Å². The molecule has 2 rings (SSSR count). The molecule has 0 spiro atoms. The standard InChI is InChI=1S/C15H17N3O4S/c16-23(21,22)12-6-7-14(19)13(10-12)18-15(20)17-9-8-11-4-2-1-3-5-11/h1-7,10,19H,8-9H2,(H2,16,21,22)(H2,17,18,20). The molecule has 0 bridgehead atoms. The first kappa shape index (κ1) is 16.8. The van der Waals surface area contributed by atoms with Gasteiger partial charge in [0, 0.05) is 6.54 Å². The van der Waals surface area contributed by atoms with Crippen molar-refractivity contribution in [2.24, 2.45) is 5.14 Å². The zero-order valence-corrected chi connectivity index (χ0v) is 13.0. The number of phenolic OH excluding ortho intramolecular Hbond substituents is 1. The number of amides is 2. The third-order valence-electron chi connectivity index (χ3n) is 3.09. The zero-order valence-electron chi connectivity index (χ0n) is 12.2. The highest BCUT2D eigenvalue weighted by Gasteiger charge is 2.12. The van der Waals surface area contributed by atoms with E-state index in [1.54, 1.807) is 0 Å². The predicted octanol–water partition coefficient (Wildman–Crippen LogP) is 1.40. The number of carbonyl (C=O) groups is 1. The molecule has 0 atom stereocenters. The number of phenols is 1. The molecule has 0 saturated carbocycles. The van der Waals surface area contributed by atoms with Crippen LogP contribution in [0, 0.1) is 0 Å². The fourth-order valence-corrected chi connectivity index (χ4v) is 2.46. The van der Waals surface area contributed by atoms with E-state index in [2.05, 4.69) is 10.6 Å². The first-order chi connectivity index (χ1) is 10.9. The average molecular weight is 335 g/mol. The van der Waals surface area contributed by atoms with Crippen LogP contribution in [0.5, 0.6) is 5.75 Å². The summed E-state index contributed by atoms with van der Waals surface area (Å²) in [6, 6.07) is 12.5. The maximum absolute atomic E-state index is 11.8. The van der Waals surface area contributed by atoms with Crippen LogP contribution in [0.1, 0.15) is 5.56 Å². The van der Waals surface area contributed by atoms with Crippen molar-refractivity contribution in [2.45, 2.75) is 11.3 Å². The Morgan fingerprint density at radius 3 is 2.48 bits per heavy atom. The Hall–Kier alpha value is -2.58. The summed E-state index contributed by atoms with van der Waals surface area (Å²) < 4.78 is 22.6. The fourth-order valence-electron chi connectivity index (χ4n) is 1.92. The van der Waals surface area contributed by atoms with Crippen LogP contribution < -0.4 is 15.8 Å². The Morgan fingerprint density at radius 1 is 1.13 bits per heavy atom. The van der Waals surface area contributed by atoms with Crippen LogP contribution in [-0.2, 0) is 16.4 Å². The first-order valence-electron chi connectivity index (χ1n) is 6.81. The van der Waals surface area contributed by atoms with Crippen LogP contribution in [0.2, 0.25) is 0 Å². The smallest absolute Gasteiger partial charge is 0.319 e. The summed E-state index contributed by atoms with van der Waals surface area (Å²) in [6.07, 6.45) is 0.650. The summed E-state index contributed by atoms with van der Waals surface area (Å²) in [4.78, 5) is 11.6. The maximum Gasteiger partial charge on any atom is 0.319 e. The van der Waals surface area contributed by atoms with Gasteiger partial charge in [0.2, 0.25) is 10.0 Å². The van der Waals surface area contributed by atoms with E-state index in [1.807, 2.05) is 30.3 Å². The summed E-state index contributed by atoms with van der Waals surface area (Å²) in [7, 11) is -3.91. The van der Waals surface area contributed by atoms with Gasteiger partial charge in [0.25, 0.3) is 0 Å². The minimum Gasteiger partial charge on any atom is -0.506 e. The van der Waals surface area contributed by atoms with Crippen LogP contribution >= 0.6 is 0 Å². The maximum atomic E-state index is 11.8. The van der Waals surface area contributed by atoms with Crippen molar-refractivity contribution >= 4 is 21.7 Å². The molecular formula is C15H17N3O4S. The van der Waals surface area contributed by atoms with Crippen molar-refractivity contribution in [3.05, 3.63) is 54.1 Å². The lowest BCUT2D eigenvalue weighted by atomic mass is 10.1. The summed E-state index contributed by atoms with van der Waals surface area (Å²) in [5, 5.41) is 19.7. The predicted molar refractivity (Wildman–Crippen MR) is 86.6 cm³/mol. The monoisotopic (exact) mass is 335 g/mol. The van der Waals surface area contributed by atoms with E-state index in [-0.39, 0.29) is 16.3 Å². The number of nitrogens with two attached hydrogens (primary N) is 1. The molecule has 0 aliphatic carbocycles. The lowest BCUT2D eigenvalue weighted by Crippen LogP contribution is -2.30. The third kappa shape index (κ3) is 4.97. The molecule has 2 amide bonds. The molecule has 2 aromatic rings. The Kier molecular flexibility index (Phi) is 5.20. The second kappa shape index (κ2) is 7.12. The second-order valence-corrected chi connectivity index (χ2v) is 6.40. The van der Waals surface area contributed by atoms with Crippen LogP contribution in [0.15, 0.2) is 53.4 Å². The van der Waals surface area contributed by atoms with E-state index in [4.69, 9.17) is 5.14 Å². The van der Waals surface area contributed by atoms with Gasteiger partial charge in [-0.05, 0) is 30.2 Å². The van der Waals surface area contributed by atoms with Gasteiger partial charge in [0.15, 0.2) is 0 Å². The lowest BCUT2D eigenvalue weighted by molar-refractivity contribution is 0.252. The van der Waals surface area contributed by atoms with Crippen molar-refractivity contribution in [3.63, 3.8) is 0 Å². The summed E-state index contributed by atoms with van der Waals surface area (Å²) >= 11 is 0. The zero-order chi connectivity index (χ0) is 16.9. The number of hydrogen-bond donors (Lipinski definition) is 4. The summed E-state index contributed by atoms with van der Waals surface area (Å²) in [6.45, 7) is 0.394. The number of carbonyl (C=O) groups excluding carboxylic acids is 1. The molecule has 0 unspecified atom stereocenters. The Morgan fingerprint density at radius 2 is 1.83 bits per heavy atom. The number of sulfonamides is 1. The number of benzene rings is 2.